The van der Waals surface area contributed by atoms with Gasteiger partial charge in [-0.15, -0.1) is 0 Å². The molecule has 6 heteroatoms. The van der Waals surface area contributed by atoms with Crippen LogP contribution < -0.4 is 4.74 Å². The number of halogens is 1. The molecule has 5 nitrogen and oxygen atoms in total. The summed E-state index contributed by atoms with van der Waals surface area (Å²) in [6.45, 7) is 3.12. The van der Waals surface area contributed by atoms with E-state index in [4.69, 9.17) is 4.74 Å². The maximum Gasteiger partial charge on any atom is 0.325 e. The summed E-state index contributed by atoms with van der Waals surface area (Å²) in [5.41, 5.74) is 0.496. The molecular formula is C15H21FN2O3. The third kappa shape index (κ3) is 3.71. The topological polar surface area (TPSA) is 53.0 Å². The molecule has 21 heavy (non-hydrogen) atoms. The molecule has 0 spiro atoms. The first-order valence-electron chi connectivity index (χ1n) is 7.01. The molecule has 0 unspecified atom stereocenters. The van der Waals surface area contributed by atoms with Gasteiger partial charge in [-0.1, -0.05) is 6.07 Å². The number of hydrogen-bond donors (Lipinski definition) is 1. The Morgan fingerprint density at radius 2 is 2.10 bits per heavy atom. The number of likely N-dealkylation sites (N-methyl/N-ethyl adjacent to an activating group) is 1. The molecule has 0 amide bonds. The molecule has 1 fully saturated rings. The molecule has 0 bridgehead atoms. The second kappa shape index (κ2) is 6.87. The second-order valence-electron chi connectivity index (χ2n) is 5.32. The smallest absolute Gasteiger partial charge is 0.325 e. The second-order valence-corrected chi connectivity index (χ2v) is 5.32. The number of benzene rings is 1. The highest BCUT2D eigenvalue weighted by molar-refractivity contribution is 5.76. The van der Waals surface area contributed by atoms with Gasteiger partial charge in [-0.25, -0.2) is 4.39 Å². The van der Waals surface area contributed by atoms with Crippen molar-refractivity contribution in [3.8, 4) is 5.75 Å². The minimum atomic E-state index is -0.940. The lowest BCUT2D eigenvalue weighted by Gasteiger charge is -2.28. The van der Waals surface area contributed by atoms with Crippen molar-refractivity contribution in [3.05, 3.63) is 29.6 Å². The average Bonchev–Trinajstić information content (AvgIpc) is 2.65. The largest absolute Gasteiger partial charge is 0.496 e. The van der Waals surface area contributed by atoms with E-state index in [0.717, 1.165) is 19.5 Å². The molecule has 0 saturated carbocycles. The van der Waals surface area contributed by atoms with Crippen molar-refractivity contribution in [1.82, 2.24) is 9.80 Å². The van der Waals surface area contributed by atoms with Crippen LogP contribution in [0.3, 0.4) is 0 Å². The van der Waals surface area contributed by atoms with Crippen LogP contribution in [0.1, 0.15) is 18.0 Å². The first-order valence-corrected chi connectivity index (χ1v) is 7.01. The first kappa shape index (κ1) is 15.7. The molecule has 0 aliphatic carbocycles. The van der Waals surface area contributed by atoms with Gasteiger partial charge in [0.05, 0.1) is 7.11 Å². The standard InChI is InChI=1S/C15H21FN2O3/c1-17-6-3-7-18(9-8-17)14(15(19)20)12-5-4-11(16)10-13(12)21-2/h4-5,10,14H,3,6-9H2,1-2H3,(H,19,20)/t14-/m0/s1. The minimum Gasteiger partial charge on any atom is -0.496 e. The Hall–Kier alpha value is -1.66. The first-order chi connectivity index (χ1) is 10.0. The predicted octanol–water partition coefficient (Wildman–Crippen LogP) is 1.60. The van der Waals surface area contributed by atoms with Gasteiger partial charge in [0, 0.05) is 31.3 Å². The van der Waals surface area contributed by atoms with E-state index < -0.39 is 17.8 Å². The number of ether oxygens (including phenoxy) is 1. The Morgan fingerprint density at radius 3 is 2.76 bits per heavy atom. The molecule has 1 aliphatic rings. The van der Waals surface area contributed by atoms with Gasteiger partial charge in [0.25, 0.3) is 0 Å². The Bertz CT molecular complexity index is 510. The van der Waals surface area contributed by atoms with Crippen molar-refractivity contribution >= 4 is 5.97 Å². The van der Waals surface area contributed by atoms with Crippen LogP contribution in [0.5, 0.6) is 5.75 Å². The molecule has 1 N–H and O–H groups in total. The number of nitrogens with zero attached hydrogens (tertiary/aromatic N) is 2. The van der Waals surface area contributed by atoms with Gasteiger partial charge in [-0.2, -0.15) is 0 Å². The maximum absolute atomic E-state index is 13.3. The average molecular weight is 296 g/mol. The van der Waals surface area contributed by atoms with Gasteiger partial charge in [0.15, 0.2) is 0 Å². The van der Waals surface area contributed by atoms with E-state index in [1.54, 1.807) is 0 Å². The summed E-state index contributed by atoms with van der Waals surface area (Å²) in [6, 6.07) is 3.20. The Balaban J connectivity index is 2.32. The molecule has 2 rings (SSSR count). The number of aliphatic carboxylic acids is 1. The monoisotopic (exact) mass is 296 g/mol. The molecule has 1 aliphatic heterocycles. The number of carboxylic acid groups (broad SMARTS) is 1. The van der Waals surface area contributed by atoms with Crippen LogP contribution in [0.4, 0.5) is 4.39 Å². The van der Waals surface area contributed by atoms with Crippen molar-refractivity contribution < 1.29 is 19.0 Å². The van der Waals surface area contributed by atoms with Crippen LogP contribution in [0.15, 0.2) is 18.2 Å². The Morgan fingerprint density at radius 1 is 1.33 bits per heavy atom. The molecule has 116 valence electrons. The number of hydrogen-bond acceptors (Lipinski definition) is 4. The maximum atomic E-state index is 13.3. The lowest BCUT2D eigenvalue weighted by atomic mass is 10.0. The van der Waals surface area contributed by atoms with E-state index in [1.165, 1.54) is 25.3 Å². The minimum absolute atomic E-state index is 0.278. The summed E-state index contributed by atoms with van der Waals surface area (Å²) >= 11 is 0. The van der Waals surface area contributed by atoms with Gasteiger partial charge in [0.1, 0.15) is 17.6 Å². The van der Waals surface area contributed by atoms with E-state index in [9.17, 15) is 14.3 Å². The molecule has 1 aromatic rings. The van der Waals surface area contributed by atoms with Gasteiger partial charge in [-0.3, -0.25) is 9.69 Å². The lowest BCUT2D eigenvalue weighted by molar-refractivity contribution is -0.143. The summed E-state index contributed by atoms with van der Waals surface area (Å²) < 4.78 is 18.5. The molecule has 1 aromatic carbocycles. The van der Waals surface area contributed by atoms with Crippen LogP contribution >= 0.6 is 0 Å². The lowest BCUT2D eigenvalue weighted by Crippen LogP contribution is -2.37. The van der Waals surface area contributed by atoms with Crippen LogP contribution in [0.2, 0.25) is 0 Å². The van der Waals surface area contributed by atoms with Crippen LogP contribution in [0, 0.1) is 5.82 Å². The van der Waals surface area contributed by atoms with Gasteiger partial charge < -0.3 is 14.7 Å². The fourth-order valence-electron chi connectivity index (χ4n) is 2.72. The van der Waals surface area contributed by atoms with Crippen LogP contribution in [0.25, 0.3) is 0 Å². The van der Waals surface area contributed by atoms with Crippen LogP contribution in [-0.2, 0) is 4.79 Å². The van der Waals surface area contributed by atoms with Gasteiger partial charge in [-0.05, 0) is 26.1 Å². The zero-order chi connectivity index (χ0) is 15.4. The Kier molecular flexibility index (Phi) is 5.14. The summed E-state index contributed by atoms with van der Waals surface area (Å²) in [5, 5.41) is 9.62. The van der Waals surface area contributed by atoms with Crippen molar-refractivity contribution in [3.63, 3.8) is 0 Å². The summed E-state index contributed by atoms with van der Waals surface area (Å²) in [6.07, 6.45) is 0.907. The Labute approximate surface area is 123 Å². The highest BCUT2D eigenvalue weighted by Crippen LogP contribution is 2.31. The third-order valence-electron chi connectivity index (χ3n) is 3.84. The highest BCUT2D eigenvalue weighted by atomic mass is 19.1. The number of rotatable bonds is 4. The summed E-state index contributed by atoms with van der Waals surface area (Å²) in [7, 11) is 3.45. The van der Waals surface area contributed by atoms with Crippen molar-refractivity contribution in [2.24, 2.45) is 0 Å². The van der Waals surface area contributed by atoms with Crippen molar-refractivity contribution in [1.29, 1.82) is 0 Å². The fourth-order valence-corrected chi connectivity index (χ4v) is 2.72. The molecular weight excluding hydrogens is 275 g/mol. The highest BCUT2D eigenvalue weighted by Gasteiger charge is 2.31. The normalized spacial score (nSPS) is 19.0. The van der Waals surface area contributed by atoms with E-state index in [1.807, 2.05) is 11.9 Å². The fraction of sp³-hybridized carbons (Fsp3) is 0.533. The van der Waals surface area contributed by atoms with Gasteiger partial charge in [0.2, 0.25) is 0 Å². The molecule has 1 heterocycles. The summed E-state index contributed by atoms with van der Waals surface area (Å²) in [5.74, 6) is -1.10. The van der Waals surface area contributed by atoms with Crippen LogP contribution in [-0.4, -0.2) is 61.2 Å². The zero-order valence-electron chi connectivity index (χ0n) is 12.4. The van der Waals surface area contributed by atoms with Gasteiger partial charge >= 0.3 is 5.97 Å². The SMILES string of the molecule is COc1cc(F)ccc1[C@@H](C(=O)O)N1CCCN(C)CC1. The van der Waals surface area contributed by atoms with E-state index in [-0.39, 0.29) is 5.75 Å². The van der Waals surface area contributed by atoms with Crippen molar-refractivity contribution in [2.45, 2.75) is 12.5 Å². The summed E-state index contributed by atoms with van der Waals surface area (Å²) in [4.78, 5) is 15.8. The quantitative estimate of drug-likeness (QED) is 0.914. The predicted molar refractivity (Wildman–Crippen MR) is 77.0 cm³/mol. The molecule has 1 saturated heterocycles. The molecule has 0 aromatic heterocycles. The van der Waals surface area contributed by atoms with E-state index in [2.05, 4.69) is 4.90 Å². The van der Waals surface area contributed by atoms with E-state index in [0.29, 0.717) is 18.7 Å². The number of carboxylic acids is 1. The number of methoxy groups -OCH3 is 1. The third-order valence-corrected chi connectivity index (χ3v) is 3.84. The molecule has 1 atom stereocenters. The number of carbonyl (C=O) groups is 1. The zero-order valence-corrected chi connectivity index (χ0v) is 12.4. The van der Waals surface area contributed by atoms with E-state index >= 15 is 0 Å². The molecule has 0 radical (unpaired) electrons. The van der Waals surface area contributed by atoms with Crippen molar-refractivity contribution in [2.75, 3.05) is 40.3 Å².